The molecule has 0 atom stereocenters. The van der Waals surface area contributed by atoms with Crippen LogP contribution in [0.4, 0.5) is 0 Å². The lowest BCUT2D eigenvalue weighted by Crippen LogP contribution is -2.04. The number of rotatable bonds is 3. The minimum atomic E-state index is -0.143. The number of phenolic OH excluding ortho intramolecular Hbond substituents is 2. The monoisotopic (exact) mass is 247 g/mol. The van der Waals surface area contributed by atoms with E-state index in [0.717, 1.165) is 4.47 Å². The normalized spacial score (nSPS) is 10.3. The van der Waals surface area contributed by atoms with Gasteiger partial charge in [0.25, 0.3) is 0 Å². The number of hydrogen-bond acceptors (Lipinski definition) is 4. The largest absolute Gasteiger partial charge is 0.504 e. The average Bonchev–Trinajstić information content (AvgIpc) is 2.12. The number of hydrogen-bond donors (Lipinski definition) is 3. The van der Waals surface area contributed by atoms with Crippen LogP contribution in [0.5, 0.6) is 11.5 Å². The lowest BCUT2D eigenvalue weighted by atomic mass is 10.1. The van der Waals surface area contributed by atoms with Gasteiger partial charge in [0.2, 0.25) is 0 Å². The van der Waals surface area contributed by atoms with Crippen molar-refractivity contribution < 1.29 is 15.1 Å². The summed E-state index contributed by atoms with van der Waals surface area (Å²) in [6, 6.07) is 3.06. The topological polar surface area (TPSA) is 75.7 Å². The summed E-state index contributed by atoms with van der Waals surface area (Å²) in [5.41, 5.74) is 0.588. The first-order valence-corrected chi connectivity index (χ1v) is 4.47. The molecule has 13 heavy (non-hydrogen) atoms. The van der Waals surface area contributed by atoms with Crippen molar-refractivity contribution in [3.05, 3.63) is 22.2 Å². The van der Waals surface area contributed by atoms with E-state index in [2.05, 4.69) is 20.8 Å². The van der Waals surface area contributed by atoms with Crippen molar-refractivity contribution >= 4 is 15.9 Å². The van der Waals surface area contributed by atoms with E-state index in [1.54, 1.807) is 6.07 Å². The lowest BCUT2D eigenvalue weighted by Gasteiger charge is -2.07. The molecule has 0 aliphatic rings. The van der Waals surface area contributed by atoms with E-state index in [9.17, 15) is 10.2 Å². The van der Waals surface area contributed by atoms with Crippen LogP contribution in [0.25, 0.3) is 0 Å². The van der Waals surface area contributed by atoms with Gasteiger partial charge in [0, 0.05) is 16.5 Å². The predicted octanol–water partition coefficient (Wildman–Crippen LogP) is 1.29. The first-order chi connectivity index (χ1) is 6.16. The maximum Gasteiger partial charge on any atom is 0.161 e. The van der Waals surface area contributed by atoms with Crippen LogP contribution >= 0.6 is 15.9 Å². The molecule has 0 aliphatic carbocycles. The maximum absolute atomic E-state index is 9.43. The van der Waals surface area contributed by atoms with Gasteiger partial charge in [-0.1, -0.05) is 15.9 Å². The third kappa shape index (κ3) is 2.33. The van der Waals surface area contributed by atoms with Gasteiger partial charge >= 0.3 is 0 Å². The van der Waals surface area contributed by atoms with Gasteiger partial charge in [-0.3, -0.25) is 0 Å². The Morgan fingerprint density at radius 1 is 1.38 bits per heavy atom. The summed E-state index contributed by atoms with van der Waals surface area (Å²) in [7, 11) is 0. The van der Waals surface area contributed by atoms with Crippen LogP contribution in [0.3, 0.4) is 0 Å². The highest BCUT2D eigenvalue weighted by Crippen LogP contribution is 2.34. The van der Waals surface area contributed by atoms with Gasteiger partial charge in [-0.25, -0.2) is 5.90 Å². The Balaban J connectivity index is 2.96. The molecule has 0 unspecified atom stereocenters. The summed E-state index contributed by atoms with van der Waals surface area (Å²) in [4.78, 5) is 4.38. The molecule has 0 spiro atoms. The molecule has 0 heterocycles. The average molecular weight is 248 g/mol. The van der Waals surface area contributed by atoms with Crippen LogP contribution < -0.4 is 5.90 Å². The Bertz CT molecular complexity index is 304. The molecule has 1 rings (SSSR count). The zero-order valence-corrected chi connectivity index (χ0v) is 8.41. The maximum atomic E-state index is 9.43. The second kappa shape index (κ2) is 4.45. The highest BCUT2D eigenvalue weighted by atomic mass is 79.9. The van der Waals surface area contributed by atoms with Crippen LogP contribution in [0.2, 0.25) is 0 Å². The van der Waals surface area contributed by atoms with Crippen molar-refractivity contribution in [3.63, 3.8) is 0 Å². The minimum Gasteiger partial charge on any atom is -0.504 e. The smallest absolute Gasteiger partial charge is 0.161 e. The van der Waals surface area contributed by atoms with E-state index in [4.69, 9.17) is 5.90 Å². The highest BCUT2D eigenvalue weighted by molar-refractivity contribution is 9.10. The molecule has 1 aromatic rings. The van der Waals surface area contributed by atoms with Crippen LogP contribution in [-0.2, 0) is 11.3 Å². The SMILES string of the molecule is NOCCc1c(Br)ccc(O)c1O. The van der Waals surface area contributed by atoms with Crippen molar-refractivity contribution in [1.82, 2.24) is 0 Å². The summed E-state index contributed by atoms with van der Waals surface area (Å²) < 4.78 is 0.722. The van der Waals surface area contributed by atoms with Gasteiger partial charge in [-0.2, -0.15) is 0 Å². The summed E-state index contributed by atoms with van der Waals surface area (Å²) in [5, 5.41) is 18.6. The number of aromatic hydroxyl groups is 2. The van der Waals surface area contributed by atoms with Gasteiger partial charge in [0.05, 0.1) is 6.61 Å². The molecule has 72 valence electrons. The third-order valence-electron chi connectivity index (χ3n) is 1.67. The molecule has 0 aliphatic heterocycles. The third-order valence-corrected chi connectivity index (χ3v) is 2.42. The van der Waals surface area contributed by atoms with Gasteiger partial charge in [0.15, 0.2) is 11.5 Å². The van der Waals surface area contributed by atoms with Gasteiger partial charge in [-0.05, 0) is 12.1 Å². The van der Waals surface area contributed by atoms with Crippen molar-refractivity contribution in [3.8, 4) is 11.5 Å². The quantitative estimate of drug-likeness (QED) is 0.556. The molecule has 0 saturated heterocycles. The van der Waals surface area contributed by atoms with Crippen molar-refractivity contribution in [1.29, 1.82) is 0 Å². The zero-order chi connectivity index (χ0) is 9.84. The van der Waals surface area contributed by atoms with E-state index in [1.165, 1.54) is 6.07 Å². The van der Waals surface area contributed by atoms with Crippen LogP contribution in [0, 0.1) is 0 Å². The Hall–Kier alpha value is -0.780. The number of benzene rings is 1. The Kier molecular flexibility index (Phi) is 3.53. The first-order valence-electron chi connectivity index (χ1n) is 3.67. The molecule has 0 saturated carbocycles. The lowest BCUT2D eigenvalue weighted by molar-refractivity contribution is 0.140. The Morgan fingerprint density at radius 3 is 2.69 bits per heavy atom. The fourth-order valence-electron chi connectivity index (χ4n) is 0.998. The second-order valence-electron chi connectivity index (χ2n) is 2.51. The molecule has 4 N–H and O–H groups in total. The molecular formula is C8H10BrNO3. The van der Waals surface area contributed by atoms with Crippen LogP contribution in [-0.4, -0.2) is 16.8 Å². The van der Waals surface area contributed by atoms with Crippen LogP contribution in [0.1, 0.15) is 5.56 Å². The fourth-order valence-corrected chi connectivity index (χ4v) is 1.52. The van der Waals surface area contributed by atoms with Crippen molar-refractivity contribution in [2.24, 2.45) is 5.90 Å². The molecular weight excluding hydrogens is 238 g/mol. The molecule has 5 heteroatoms. The molecule has 0 aromatic heterocycles. The first kappa shape index (κ1) is 10.3. The zero-order valence-electron chi connectivity index (χ0n) is 6.83. The summed E-state index contributed by atoms with van der Waals surface area (Å²) in [6.45, 7) is 0.287. The Labute approximate surface area is 84.0 Å². The van der Waals surface area contributed by atoms with Gasteiger partial charge in [-0.15, -0.1) is 0 Å². The van der Waals surface area contributed by atoms with E-state index in [-0.39, 0.29) is 18.1 Å². The van der Waals surface area contributed by atoms with E-state index < -0.39 is 0 Å². The molecule has 1 aromatic carbocycles. The minimum absolute atomic E-state index is 0.133. The van der Waals surface area contributed by atoms with Gasteiger partial charge in [0.1, 0.15) is 0 Å². The number of phenols is 2. The molecule has 0 bridgehead atoms. The molecule has 4 nitrogen and oxygen atoms in total. The second-order valence-corrected chi connectivity index (χ2v) is 3.37. The number of nitrogens with two attached hydrogens (primary N) is 1. The van der Waals surface area contributed by atoms with E-state index >= 15 is 0 Å². The summed E-state index contributed by atoms with van der Waals surface area (Å²) in [6.07, 6.45) is 0.442. The van der Waals surface area contributed by atoms with Crippen molar-refractivity contribution in [2.75, 3.05) is 6.61 Å². The fraction of sp³-hybridized carbons (Fsp3) is 0.250. The standard InChI is InChI=1S/C8H10BrNO3/c9-6-1-2-7(11)8(12)5(6)3-4-13-10/h1-2,11-12H,3-4,10H2. The summed E-state index contributed by atoms with van der Waals surface area (Å²) in [5.74, 6) is 4.58. The summed E-state index contributed by atoms with van der Waals surface area (Å²) >= 11 is 3.24. The van der Waals surface area contributed by atoms with Crippen molar-refractivity contribution in [2.45, 2.75) is 6.42 Å². The van der Waals surface area contributed by atoms with Crippen LogP contribution in [0.15, 0.2) is 16.6 Å². The number of halogens is 1. The molecule has 0 radical (unpaired) electrons. The predicted molar refractivity (Wildman–Crippen MR) is 51.3 cm³/mol. The van der Waals surface area contributed by atoms with Gasteiger partial charge < -0.3 is 15.1 Å². The van der Waals surface area contributed by atoms with E-state index in [0.29, 0.717) is 12.0 Å². The van der Waals surface area contributed by atoms with E-state index in [1.807, 2.05) is 0 Å². The molecule has 0 amide bonds. The molecule has 0 fully saturated rings. The Morgan fingerprint density at radius 2 is 2.08 bits per heavy atom. The highest BCUT2D eigenvalue weighted by Gasteiger charge is 2.09.